The summed E-state index contributed by atoms with van der Waals surface area (Å²) >= 11 is 1.80. The van der Waals surface area contributed by atoms with Gasteiger partial charge >= 0.3 is 0 Å². The molecule has 0 saturated carbocycles. The van der Waals surface area contributed by atoms with Crippen LogP contribution in [-0.2, 0) is 12.2 Å². The van der Waals surface area contributed by atoms with Crippen molar-refractivity contribution < 1.29 is 4.74 Å². The van der Waals surface area contributed by atoms with E-state index in [1.165, 1.54) is 5.56 Å². The van der Waals surface area contributed by atoms with Crippen LogP contribution < -0.4 is 15.6 Å². The van der Waals surface area contributed by atoms with Gasteiger partial charge in [0.25, 0.3) is 5.56 Å². The van der Waals surface area contributed by atoms with E-state index in [-0.39, 0.29) is 5.56 Å². The minimum absolute atomic E-state index is 0.123. The maximum atomic E-state index is 12.4. The van der Waals surface area contributed by atoms with Crippen molar-refractivity contribution in [2.24, 2.45) is 0 Å². The van der Waals surface area contributed by atoms with Gasteiger partial charge in [-0.05, 0) is 31.0 Å². The summed E-state index contributed by atoms with van der Waals surface area (Å²) < 4.78 is 5.37. The van der Waals surface area contributed by atoms with Gasteiger partial charge in [0.15, 0.2) is 0 Å². The second-order valence-electron chi connectivity index (χ2n) is 6.80. The van der Waals surface area contributed by atoms with Crippen molar-refractivity contribution >= 4 is 17.7 Å². The van der Waals surface area contributed by atoms with Gasteiger partial charge in [-0.15, -0.1) is 0 Å². The first kappa shape index (κ1) is 20.9. The number of H-pyrrole nitrogens is 1. The minimum Gasteiger partial charge on any atom is -0.496 e. The normalized spacial score (nSPS) is 10.7. The third-order valence-electron chi connectivity index (χ3n) is 4.65. The second-order valence-corrected chi connectivity index (χ2v) is 7.91. The van der Waals surface area contributed by atoms with E-state index >= 15 is 0 Å². The Morgan fingerprint density at radius 2 is 1.97 bits per heavy atom. The summed E-state index contributed by atoms with van der Waals surface area (Å²) in [5.41, 5.74) is 4.82. The van der Waals surface area contributed by atoms with E-state index in [1.807, 2.05) is 38.2 Å². The minimum atomic E-state index is -0.123. The number of para-hydroxylation sites is 1. The predicted octanol–water partition coefficient (Wildman–Crippen LogP) is 3.73. The number of benzene rings is 1. The maximum Gasteiger partial charge on any atom is 0.255 e. The van der Waals surface area contributed by atoms with Crippen molar-refractivity contribution in [1.29, 1.82) is 0 Å². The van der Waals surface area contributed by atoms with Crippen LogP contribution in [0, 0.1) is 13.8 Å². The van der Waals surface area contributed by atoms with Gasteiger partial charge in [0.1, 0.15) is 5.75 Å². The molecule has 3 aromatic rings. The standard InChI is InChI=1S/C22H26N4O2S/c1-15-10-17(12-24-16(15)2)11-19-13-25-22(26-21(19)27)23-8-9-29-14-18-6-4-5-7-20(18)28-3/h4-7,10,12-13H,8-9,11,14H2,1-3H3,(H2,23,25,26,27). The molecule has 0 aliphatic rings. The summed E-state index contributed by atoms with van der Waals surface area (Å²) in [6.45, 7) is 4.71. The molecule has 0 aliphatic carbocycles. The summed E-state index contributed by atoms with van der Waals surface area (Å²) in [5, 5.41) is 3.18. The second kappa shape index (κ2) is 10.1. The van der Waals surface area contributed by atoms with Crippen LogP contribution in [0.15, 0.2) is 47.5 Å². The molecular weight excluding hydrogens is 384 g/mol. The van der Waals surface area contributed by atoms with Gasteiger partial charge in [-0.25, -0.2) is 4.98 Å². The van der Waals surface area contributed by atoms with Crippen LogP contribution in [0.1, 0.15) is 27.9 Å². The van der Waals surface area contributed by atoms with Crippen molar-refractivity contribution in [2.45, 2.75) is 26.0 Å². The van der Waals surface area contributed by atoms with Crippen LogP contribution in [0.3, 0.4) is 0 Å². The number of nitrogens with one attached hydrogen (secondary N) is 2. The summed E-state index contributed by atoms with van der Waals surface area (Å²) in [4.78, 5) is 23.9. The van der Waals surface area contributed by atoms with E-state index in [1.54, 1.807) is 25.1 Å². The maximum absolute atomic E-state index is 12.4. The van der Waals surface area contributed by atoms with E-state index in [4.69, 9.17) is 4.74 Å². The summed E-state index contributed by atoms with van der Waals surface area (Å²) in [5.74, 6) is 3.17. The van der Waals surface area contributed by atoms with Crippen LogP contribution >= 0.6 is 11.8 Å². The number of rotatable bonds is 9. The first-order valence-corrected chi connectivity index (χ1v) is 10.7. The van der Waals surface area contributed by atoms with Crippen molar-refractivity contribution in [1.82, 2.24) is 15.0 Å². The molecule has 3 rings (SSSR count). The lowest BCUT2D eigenvalue weighted by atomic mass is 10.1. The molecule has 2 heterocycles. The quantitative estimate of drug-likeness (QED) is 0.523. The van der Waals surface area contributed by atoms with Crippen LogP contribution in [0.4, 0.5) is 5.95 Å². The highest BCUT2D eigenvalue weighted by Gasteiger charge is 2.06. The molecule has 6 nitrogen and oxygen atoms in total. The topological polar surface area (TPSA) is 79.9 Å². The number of nitrogens with zero attached hydrogens (tertiary/aromatic N) is 2. The zero-order valence-electron chi connectivity index (χ0n) is 17.0. The number of hydrogen-bond donors (Lipinski definition) is 2. The van der Waals surface area contributed by atoms with Crippen LogP contribution in [0.25, 0.3) is 0 Å². The lowest BCUT2D eigenvalue weighted by molar-refractivity contribution is 0.411. The molecule has 152 valence electrons. The Morgan fingerprint density at radius 1 is 1.14 bits per heavy atom. The van der Waals surface area contributed by atoms with E-state index < -0.39 is 0 Å². The molecule has 2 aromatic heterocycles. The van der Waals surface area contributed by atoms with Gasteiger partial charge in [-0.1, -0.05) is 24.3 Å². The molecule has 0 spiro atoms. The number of methoxy groups -OCH3 is 1. The highest BCUT2D eigenvalue weighted by molar-refractivity contribution is 7.98. The largest absolute Gasteiger partial charge is 0.496 e. The SMILES string of the molecule is COc1ccccc1CSCCNc1ncc(Cc2cnc(C)c(C)c2)c(=O)[nH]1. The average Bonchev–Trinajstić information content (AvgIpc) is 2.72. The Labute approximate surface area is 175 Å². The van der Waals surface area contributed by atoms with E-state index in [0.29, 0.717) is 24.5 Å². The fourth-order valence-corrected chi connectivity index (χ4v) is 3.75. The fourth-order valence-electron chi connectivity index (χ4n) is 2.90. The van der Waals surface area contributed by atoms with Crippen LogP contribution in [-0.4, -0.2) is 34.4 Å². The van der Waals surface area contributed by atoms with Gasteiger partial charge in [0.05, 0.1) is 7.11 Å². The monoisotopic (exact) mass is 410 g/mol. The molecule has 2 N–H and O–H groups in total. The van der Waals surface area contributed by atoms with Gasteiger partial charge in [-0.3, -0.25) is 14.8 Å². The smallest absolute Gasteiger partial charge is 0.255 e. The van der Waals surface area contributed by atoms with Crippen molar-refractivity contribution in [3.05, 3.63) is 81.0 Å². The molecule has 0 radical (unpaired) electrons. The molecule has 7 heteroatoms. The Kier molecular flexibility index (Phi) is 7.30. The first-order valence-electron chi connectivity index (χ1n) is 9.50. The van der Waals surface area contributed by atoms with Crippen molar-refractivity contribution in [3.63, 3.8) is 0 Å². The Morgan fingerprint density at radius 3 is 2.72 bits per heavy atom. The number of anilines is 1. The number of aryl methyl sites for hydroxylation is 2. The lowest BCUT2D eigenvalue weighted by Crippen LogP contribution is -2.18. The third-order valence-corrected chi connectivity index (χ3v) is 5.66. The van der Waals surface area contributed by atoms with Gasteiger partial charge in [0.2, 0.25) is 5.95 Å². The van der Waals surface area contributed by atoms with Gasteiger partial charge in [0, 0.05) is 53.7 Å². The predicted molar refractivity (Wildman–Crippen MR) is 119 cm³/mol. The first-order chi connectivity index (χ1) is 14.1. The average molecular weight is 411 g/mol. The molecule has 0 amide bonds. The summed E-state index contributed by atoms with van der Waals surface area (Å²) in [6, 6.07) is 10.1. The Bertz CT molecular complexity index is 1020. The number of aromatic nitrogens is 3. The molecule has 0 fully saturated rings. The van der Waals surface area contributed by atoms with E-state index in [9.17, 15) is 4.79 Å². The van der Waals surface area contributed by atoms with Gasteiger partial charge in [-0.2, -0.15) is 11.8 Å². The van der Waals surface area contributed by atoms with Crippen molar-refractivity contribution in [3.8, 4) is 5.75 Å². The molecule has 0 saturated heterocycles. The summed E-state index contributed by atoms with van der Waals surface area (Å²) in [6.07, 6.45) is 3.97. The number of hydrogen-bond acceptors (Lipinski definition) is 6. The molecule has 0 atom stereocenters. The number of ether oxygens (including phenoxy) is 1. The Hall–Kier alpha value is -2.80. The molecule has 0 aliphatic heterocycles. The highest BCUT2D eigenvalue weighted by Crippen LogP contribution is 2.22. The van der Waals surface area contributed by atoms with Crippen molar-refractivity contribution in [2.75, 3.05) is 24.7 Å². The fraction of sp³-hybridized carbons (Fsp3) is 0.318. The van der Waals surface area contributed by atoms with E-state index in [2.05, 4.69) is 32.4 Å². The molecule has 0 bridgehead atoms. The number of thioether (sulfide) groups is 1. The zero-order chi connectivity index (χ0) is 20.6. The number of aromatic amines is 1. The summed E-state index contributed by atoms with van der Waals surface area (Å²) in [7, 11) is 1.69. The van der Waals surface area contributed by atoms with E-state index in [0.717, 1.165) is 34.1 Å². The highest BCUT2D eigenvalue weighted by atomic mass is 32.2. The van der Waals surface area contributed by atoms with Gasteiger partial charge < -0.3 is 10.1 Å². The molecule has 1 aromatic carbocycles. The van der Waals surface area contributed by atoms with Crippen LogP contribution in [0.5, 0.6) is 5.75 Å². The Balaban J connectivity index is 1.49. The molecular formula is C22H26N4O2S. The number of pyridine rings is 1. The molecule has 29 heavy (non-hydrogen) atoms. The zero-order valence-corrected chi connectivity index (χ0v) is 17.8. The van der Waals surface area contributed by atoms with Crippen LogP contribution in [0.2, 0.25) is 0 Å². The third kappa shape index (κ3) is 5.84. The molecule has 0 unspecified atom stereocenters. The lowest BCUT2D eigenvalue weighted by Gasteiger charge is -2.09.